The second-order valence-electron chi connectivity index (χ2n) is 6.79. The van der Waals surface area contributed by atoms with Crippen molar-refractivity contribution in [2.45, 2.75) is 45.6 Å². The highest BCUT2D eigenvalue weighted by atomic mass is 127. The summed E-state index contributed by atoms with van der Waals surface area (Å²) in [4.78, 5) is 19.1. The van der Waals surface area contributed by atoms with Gasteiger partial charge in [0.15, 0.2) is 11.7 Å². The molecule has 0 aliphatic carbocycles. The molecular weight excluding hydrogens is 501 g/mol. The summed E-state index contributed by atoms with van der Waals surface area (Å²) in [5.41, 5.74) is 0.994. The molecule has 2 aromatic heterocycles. The highest BCUT2D eigenvalue weighted by Gasteiger charge is 2.13. The Morgan fingerprint density at radius 3 is 2.69 bits per heavy atom. The van der Waals surface area contributed by atoms with E-state index in [-0.39, 0.29) is 36.4 Å². The van der Waals surface area contributed by atoms with Gasteiger partial charge in [-0.3, -0.25) is 4.79 Å². The molecule has 0 aromatic carbocycles. The number of thiophene rings is 1. The fourth-order valence-electron chi connectivity index (χ4n) is 2.70. The van der Waals surface area contributed by atoms with Crippen molar-refractivity contribution < 1.29 is 9.32 Å². The van der Waals surface area contributed by atoms with E-state index in [1.54, 1.807) is 25.4 Å². The van der Waals surface area contributed by atoms with Crippen molar-refractivity contribution in [2.24, 2.45) is 4.99 Å². The number of nitrogens with one attached hydrogen (secondary N) is 2. The van der Waals surface area contributed by atoms with Gasteiger partial charge < -0.3 is 20.1 Å². The molecule has 0 fully saturated rings. The van der Waals surface area contributed by atoms with Gasteiger partial charge in [-0.1, -0.05) is 25.1 Å². The van der Waals surface area contributed by atoms with Crippen LogP contribution in [0.1, 0.15) is 48.9 Å². The van der Waals surface area contributed by atoms with Gasteiger partial charge in [-0.2, -0.15) is 0 Å². The first-order valence-electron chi connectivity index (χ1n) is 9.73. The maximum atomic E-state index is 11.9. The topological polar surface area (TPSA) is 82.8 Å². The quantitative estimate of drug-likeness (QED) is 0.277. The lowest BCUT2D eigenvalue weighted by Crippen LogP contribution is -2.39. The third-order valence-corrected chi connectivity index (χ3v) is 5.46. The van der Waals surface area contributed by atoms with Gasteiger partial charge in [0.2, 0.25) is 5.91 Å². The molecule has 9 heteroatoms. The Bertz CT molecular complexity index is 742. The second-order valence-corrected chi connectivity index (χ2v) is 7.83. The first-order valence-corrected chi connectivity index (χ1v) is 10.6. The van der Waals surface area contributed by atoms with Crippen molar-refractivity contribution in [1.82, 2.24) is 20.7 Å². The standard InChI is InChI=1S/C20H31N5O2S.HI/c1-5-15(6-2)18-12-16(27-24-18)13-22-20(23-14-19(26)25(3)4)21-10-9-17-8-7-11-28-17;/h7-8,11-12,15H,5-6,9-10,13-14H2,1-4H3,(H2,21,22,23);1H. The van der Waals surface area contributed by atoms with Gasteiger partial charge in [-0.25, -0.2) is 4.99 Å². The number of rotatable bonds is 10. The number of halogens is 1. The first kappa shape index (κ1) is 25.4. The molecule has 0 atom stereocenters. The summed E-state index contributed by atoms with van der Waals surface area (Å²) in [6.45, 7) is 5.61. The fraction of sp³-hybridized carbons (Fsp3) is 0.550. The molecule has 0 spiro atoms. The highest BCUT2D eigenvalue weighted by Crippen LogP contribution is 2.22. The number of amides is 1. The van der Waals surface area contributed by atoms with Gasteiger partial charge in [-0.15, -0.1) is 35.3 Å². The Morgan fingerprint density at radius 1 is 1.31 bits per heavy atom. The number of guanidine groups is 1. The van der Waals surface area contributed by atoms with E-state index in [1.165, 1.54) is 9.78 Å². The number of likely N-dealkylation sites (N-methyl/N-ethyl adjacent to an activating group) is 1. The van der Waals surface area contributed by atoms with E-state index in [2.05, 4.69) is 46.1 Å². The normalized spacial score (nSPS) is 11.3. The molecule has 0 aliphatic heterocycles. The zero-order valence-corrected chi connectivity index (χ0v) is 20.8. The van der Waals surface area contributed by atoms with E-state index in [0.717, 1.165) is 37.3 Å². The second kappa shape index (κ2) is 13.6. The molecule has 29 heavy (non-hydrogen) atoms. The van der Waals surface area contributed by atoms with Gasteiger partial charge in [0.1, 0.15) is 6.54 Å². The molecule has 2 N–H and O–H groups in total. The molecule has 0 saturated carbocycles. The average Bonchev–Trinajstić information content (AvgIpc) is 3.36. The van der Waals surface area contributed by atoms with Gasteiger partial charge in [0.25, 0.3) is 0 Å². The number of aliphatic imine (C=N–C) groups is 1. The van der Waals surface area contributed by atoms with Crippen LogP contribution in [0.5, 0.6) is 0 Å². The lowest BCUT2D eigenvalue weighted by atomic mass is 9.99. The molecule has 2 rings (SSSR count). The van der Waals surface area contributed by atoms with Crippen LogP contribution in [0.4, 0.5) is 0 Å². The largest absolute Gasteiger partial charge is 0.359 e. The zero-order valence-electron chi connectivity index (χ0n) is 17.6. The van der Waals surface area contributed by atoms with Crippen LogP contribution >= 0.6 is 35.3 Å². The van der Waals surface area contributed by atoms with E-state index in [9.17, 15) is 4.79 Å². The number of aromatic nitrogens is 1. The van der Waals surface area contributed by atoms with Crippen molar-refractivity contribution in [3.63, 3.8) is 0 Å². The Balaban J connectivity index is 0.00000420. The number of carbonyl (C=O) groups is 1. The molecule has 0 unspecified atom stereocenters. The number of carbonyl (C=O) groups excluding carboxylic acids is 1. The monoisotopic (exact) mass is 533 g/mol. The summed E-state index contributed by atoms with van der Waals surface area (Å²) in [6.07, 6.45) is 2.99. The van der Waals surface area contributed by atoms with Gasteiger partial charge >= 0.3 is 0 Å². The Labute approximate surface area is 194 Å². The fourth-order valence-corrected chi connectivity index (χ4v) is 3.41. The summed E-state index contributed by atoms with van der Waals surface area (Å²) >= 11 is 1.73. The maximum absolute atomic E-state index is 11.9. The Morgan fingerprint density at radius 2 is 2.07 bits per heavy atom. The molecule has 162 valence electrons. The minimum atomic E-state index is -0.0463. The summed E-state index contributed by atoms with van der Waals surface area (Å²) in [7, 11) is 3.45. The summed E-state index contributed by atoms with van der Waals surface area (Å²) in [6, 6.07) is 6.16. The Hall–Kier alpha value is -1.62. The molecule has 0 aliphatic rings. The smallest absolute Gasteiger partial charge is 0.243 e. The van der Waals surface area contributed by atoms with Crippen molar-refractivity contribution in [3.05, 3.63) is 39.9 Å². The van der Waals surface area contributed by atoms with Crippen molar-refractivity contribution in [1.29, 1.82) is 0 Å². The van der Waals surface area contributed by atoms with Gasteiger partial charge in [-0.05, 0) is 30.7 Å². The predicted octanol–water partition coefficient (Wildman–Crippen LogP) is 3.62. The molecule has 0 bridgehead atoms. The molecule has 2 heterocycles. The highest BCUT2D eigenvalue weighted by molar-refractivity contribution is 14.0. The van der Waals surface area contributed by atoms with Gasteiger partial charge in [0.05, 0.1) is 12.2 Å². The van der Waals surface area contributed by atoms with Crippen LogP contribution in [0.2, 0.25) is 0 Å². The molecular formula is C20H32IN5O2S. The Kier molecular flexibility index (Phi) is 11.9. The molecule has 7 nitrogen and oxygen atoms in total. The summed E-state index contributed by atoms with van der Waals surface area (Å²) in [5.74, 6) is 1.73. The summed E-state index contributed by atoms with van der Waals surface area (Å²) < 4.78 is 5.46. The molecule has 0 radical (unpaired) electrons. The molecule has 1 amide bonds. The third-order valence-electron chi connectivity index (χ3n) is 4.53. The van der Waals surface area contributed by atoms with Crippen LogP contribution in [0.15, 0.2) is 33.1 Å². The van der Waals surface area contributed by atoms with Crippen LogP contribution in [-0.4, -0.2) is 49.1 Å². The lowest BCUT2D eigenvalue weighted by molar-refractivity contribution is -0.127. The number of hydrogen-bond acceptors (Lipinski definition) is 5. The predicted molar refractivity (Wildman–Crippen MR) is 129 cm³/mol. The van der Waals surface area contributed by atoms with E-state index >= 15 is 0 Å². The van der Waals surface area contributed by atoms with Crippen LogP contribution in [0.3, 0.4) is 0 Å². The maximum Gasteiger partial charge on any atom is 0.243 e. The summed E-state index contributed by atoms with van der Waals surface area (Å²) in [5, 5.41) is 12.8. The van der Waals surface area contributed by atoms with E-state index in [0.29, 0.717) is 18.4 Å². The SMILES string of the molecule is CCC(CC)c1cc(CNC(=NCC(=O)N(C)C)NCCc2cccs2)on1.I. The average molecular weight is 533 g/mol. The number of hydrogen-bond donors (Lipinski definition) is 2. The minimum absolute atomic E-state index is 0. The van der Waals surface area contributed by atoms with Crippen molar-refractivity contribution in [3.8, 4) is 0 Å². The van der Waals surface area contributed by atoms with E-state index in [1.807, 2.05) is 12.1 Å². The minimum Gasteiger partial charge on any atom is -0.359 e. The van der Waals surface area contributed by atoms with Crippen LogP contribution < -0.4 is 10.6 Å². The molecule has 2 aromatic rings. The van der Waals surface area contributed by atoms with Crippen LogP contribution in [-0.2, 0) is 17.8 Å². The van der Waals surface area contributed by atoms with Crippen molar-refractivity contribution in [2.75, 3.05) is 27.2 Å². The van der Waals surface area contributed by atoms with E-state index in [4.69, 9.17) is 4.52 Å². The third kappa shape index (κ3) is 8.73. The lowest BCUT2D eigenvalue weighted by Gasteiger charge is -2.12. The van der Waals surface area contributed by atoms with E-state index < -0.39 is 0 Å². The number of nitrogens with zero attached hydrogens (tertiary/aromatic N) is 3. The zero-order chi connectivity index (χ0) is 20.4. The molecule has 0 saturated heterocycles. The van der Waals surface area contributed by atoms with Gasteiger partial charge in [0, 0.05) is 37.5 Å². The first-order chi connectivity index (χ1) is 13.5. The van der Waals surface area contributed by atoms with Crippen LogP contribution in [0.25, 0.3) is 0 Å². The van der Waals surface area contributed by atoms with Crippen LogP contribution in [0, 0.1) is 0 Å². The van der Waals surface area contributed by atoms with Crippen molar-refractivity contribution >= 4 is 47.2 Å².